The minimum absolute atomic E-state index is 0.0204. The summed E-state index contributed by atoms with van der Waals surface area (Å²) in [6.45, 7) is 0.0816. The van der Waals surface area contributed by atoms with Crippen LogP contribution in [0.2, 0.25) is 0 Å². The third kappa shape index (κ3) is 8.68. The molecule has 15 heteroatoms. The van der Waals surface area contributed by atoms with Gasteiger partial charge in [0.05, 0.1) is 45.2 Å². The lowest BCUT2D eigenvalue weighted by molar-refractivity contribution is 0.316. The average molecular weight is 641 g/mol. The fourth-order valence-electron chi connectivity index (χ4n) is 3.79. The average Bonchev–Trinajstić information content (AvgIpc) is 2.87. The maximum Gasteiger partial charge on any atom is 0.306 e. The summed E-state index contributed by atoms with van der Waals surface area (Å²) < 4.78 is 104. The second kappa shape index (κ2) is 12.8. The standard InChI is InChI=1S/C27H28O12S3/c1-7-8-15-36-22-14-11-19(16-23(22)38-41(5,30)31)25-24(34-2)17-21(26(35-3)27(25)39-42(6,32)33)18-9-12-20(13-10-18)37-40(4,28)29/h1,9-14,16-17H,8,15H2,2-6H3. The van der Waals surface area contributed by atoms with Gasteiger partial charge in [-0.05, 0) is 41.5 Å². The van der Waals surface area contributed by atoms with Crippen LogP contribution in [0.25, 0.3) is 22.3 Å². The molecule has 0 aliphatic carbocycles. The Labute approximate surface area is 245 Å². The summed E-state index contributed by atoms with van der Waals surface area (Å²) in [5.74, 6) is 2.18. The van der Waals surface area contributed by atoms with Crippen LogP contribution in [0.4, 0.5) is 0 Å². The van der Waals surface area contributed by atoms with Gasteiger partial charge in [0, 0.05) is 12.0 Å². The molecule has 0 fully saturated rings. The fraction of sp³-hybridized carbons (Fsp3) is 0.259. The minimum Gasteiger partial charge on any atom is -0.496 e. The van der Waals surface area contributed by atoms with Gasteiger partial charge in [-0.2, -0.15) is 25.3 Å². The van der Waals surface area contributed by atoms with E-state index in [9.17, 15) is 25.3 Å². The first kappa shape index (κ1) is 32.4. The number of hydrogen-bond donors (Lipinski definition) is 0. The monoisotopic (exact) mass is 640 g/mol. The molecule has 0 radical (unpaired) electrons. The molecule has 0 amide bonds. The van der Waals surface area contributed by atoms with Crippen molar-refractivity contribution in [3.63, 3.8) is 0 Å². The molecule has 42 heavy (non-hydrogen) atoms. The molecule has 0 spiro atoms. The molecule has 0 aliphatic heterocycles. The van der Waals surface area contributed by atoms with Gasteiger partial charge in [-0.3, -0.25) is 0 Å². The quantitative estimate of drug-likeness (QED) is 0.152. The number of methoxy groups -OCH3 is 2. The van der Waals surface area contributed by atoms with Crippen molar-refractivity contribution in [2.45, 2.75) is 6.42 Å². The molecule has 0 bridgehead atoms. The summed E-state index contributed by atoms with van der Waals surface area (Å²) in [5, 5.41) is 0. The van der Waals surface area contributed by atoms with Gasteiger partial charge in [0.15, 0.2) is 23.0 Å². The highest BCUT2D eigenvalue weighted by molar-refractivity contribution is 7.86. The molecule has 0 atom stereocenters. The van der Waals surface area contributed by atoms with Gasteiger partial charge in [-0.1, -0.05) is 18.2 Å². The molecule has 3 rings (SSSR count). The van der Waals surface area contributed by atoms with Gasteiger partial charge >= 0.3 is 30.4 Å². The molecular formula is C27H28O12S3. The van der Waals surface area contributed by atoms with Crippen LogP contribution in [0.3, 0.4) is 0 Å². The van der Waals surface area contributed by atoms with Crippen LogP contribution in [0.1, 0.15) is 6.42 Å². The van der Waals surface area contributed by atoms with E-state index in [1.807, 2.05) is 0 Å². The van der Waals surface area contributed by atoms with E-state index in [0.717, 1.165) is 18.8 Å². The molecule has 0 heterocycles. The van der Waals surface area contributed by atoms with Crippen LogP contribution in [-0.4, -0.2) is 64.8 Å². The Bertz CT molecular complexity index is 1820. The zero-order chi connectivity index (χ0) is 31.3. The van der Waals surface area contributed by atoms with Gasteiger partial charge in [-0.15, -0.1) is 12.3 Å². The van der Waals surface area contributed by atoms with Crippen molar-refractivity contribution in [3.05, 3.63) is 48.5 Å². The van der Waals surface area contributed by atoms with E-state index in [-0.39, 0.29) is 58.7 Å². The Kier molecular flexibility index (Phi) is 9.87. The van der Waals surface area contributed by atoms with Crippen molar-refractivity contribution in [3.8, 4) is 69.1 Å². The lowest BCUT2D eigenvalue weighted by Gasteiger charge is -2.21. The van der Waals surface area contributed by atoms with E-state index < -0.39 is 30.4 Å². The van der Waals surface area contributed by atoms with Crippen LogP contribution in [0.5, 0.6) is 34.5 Å². The number of terminal acetylenes is 1. The molecule has 3 aromatic rings. The molecular weight excluding hydrogens is 612 g/mol. The highest BCUT2D eigenvalue weighted by atomic mass is 32.2. The Morgan fingerprint density at radius 2 is 1.26 bits per heavy atom. The number of rotatable bonds is 13. The van der Waals surface area contributed by atoms with Gasteiger partial charge in [-0.25, -0.2) is 0 Å². The number of benzene rings is 3. The Morgan fingerprint density at radius 1 is 0.667 bits per heavy atom. The molecule has 226 valence electrons. The van der Waals surface area contributed by atoms with Crippen molar-refractivity contribution in [2.24, 2.45) is 0 Å². The number of hydrogen-bond acceptors (Lipinski definition) is 12. The van der Waals surface area contributed by atoms with Gasteiger partial charge < -0.3 is 26.8 Å². The van der Waals surface area contributed by atoms with Gasteiger partial charge in [0.1, 0.15) is 11.5 Å². The first-order valence-corrected chi connectivity index (χ1v) is 17.3. The molecule has 0 N–H and O–H groups in total. The summed E-state index contributed by atoms with van der Waals surface area (Å²) in [6, 6.07) is 11.7. The van der Waals surface area contributed by atoms with Crippen molar-refractivity contribution < 1.29 is 52.0 Å². The first-order chi connectivity index (χ1) is 19.5. The first-order valence-electron chi connectivity index (χ1n) is 11.8. The van der Waals surface area contributed by atoms with Crippen LogP contribution in [-0.2, 0) is 30.4 Å². The summed E-state index contributed by atoms with van der Waals surface area (Å²) in [5.41, 5.74) is 1.11. The zero-order valence-corrected chi connectivity index (χ0v) is 25.7. The predicted molar refractivity (Wildman–Crippen MR) is 156 cm³/mol. The summed E-state index contributed by atoms with van der Waals surface area (Å²) in [4.78, 5) is 0. The van der Waals surface area contributed by atoms with Crippen molar-refractivity contribution in [2.75, 3.05) is 39.6 Å². The summed E-state index contributed by atoms with van der Waals surface area (Å²) >= 11 is 0. The molecule has 0 saturated heterocycles. The summed E-state index contributed by atoms with van der Waals surface area (Å²) in [7, 11) is -9.28. The Morgan fingerprint density at radius 3 is 1.79 bits per heavy atom. The third-order valence-electron chi connectivity index (χ3n) is 5.25. The lowest BCUT2D eigenvalue weighted by Crippen LogP contribution is -2.10. The third-order valence-corrected chi connectivity index (χ3v) is 6.70. The van der Waals surface area contributed by atoms with Crippen LogP contribution in [0.15, 0.2) is 48.5 Å². The van der Waals surface area contributed by atoms with E-state index in [1.165, 1.54) is 56.7 Å². The Balaban J connectivity index is 2.31. The van der Waals surface area contributed by atoms with Crippen molar-refractivity contribution in [1.29, 1.82) is 0 Å². The predicted octanol–water partition coefficient (Wildman–Crippen LogP) is 3.46. The minimum atomic E-state index is -4.15. The highest BCUT2D eigenvalue weighted by Crippen LogP contribution is 2.51. The SMILES string of the molecule is C#CCCOc1ccc(-c2c(OC)cc(-c3ccc(OS(C)(=O)=O)cc3)c(OC)c2OS(C)(=O)=O)cc1OS(C)(=O)=O. The maximum absolute atomic E-state index is 12.4. The maximum atomic E-state index is 12.4. The van der Waals surface area contributed by atoms with E-state index in [4.69, 9.17) is 33.2 Å². The van der Waals surface area contributed by atoms with Crippen molar-refractivity contribution >= 4 is 30.4 Å². The van der Waals surface area contributed by atoms with Gasteiger partial charge in [0.25, 0.3) is 0 Å². The molecule has 0 aliphatic rings. The van der Waals surface area contributed by atoms with Gasteiger partial charge in [0.2, 0.25) is 0 Å². The molecule has 3 aromatic carbocycles. The lowest BCUT2D eigenvalue weighted by atomic mass is 9.96. The van der Waals surface area contributed by atoms with Crippen molar-refractivity contribution in [1.82, 2.24) is 0 Å². The number of ether oxygens (including phenoxy) is 3. The van der Waals surface area contributed by atoms with E-state index >= 15 is 0 Å². The molecule has 0 aromatic heterocycles. The summed E-state index contributed by atoms with van der Waals surface area (Å²) in [6.07, 6.45) is 8.12. The zero-order valence-electron chi connectivity index (χ0n) is 23.2. The largest absolute Gasteiger partial charge is 0.496 e. The molecule has 0 saturated carbocycles. The van der Waals surface area contributed by atoms with E-state index in [2.05, 4.69) is 5.92 Å². The molecule has 12 nitrogen and oxygen atoms in total. The second-order valence-electron chi connectivity index (χ2n) is 8.71. The highest BCUT2D eigenvalue weighted by Gasteiger charge is 2.27. The van der Waals surface area contributed by atoms with Crippen LogP contribution >= 0.6 is 0 Å². The smallest absolute Gasteiger partial charge is 0.306 e. The second-order valence-corrected chi connectivity index (χ2v) is 13.4. The molecule has 0 unspecified atom stereocenters. The Hall–Kier alpha value is -4.13. The normalized spacial score (nSPS) is 11.7. The van der Waals surface area contributed by atoms with Crippen LogP contribution < -0.4 is 26.8 Å². The van der Waals surface area contributed by atoms with E-state index in [0.29, 0.717) is 11.1 Å². The van der Waals surface area contributed by atoms with E-state index in [1.54, 1.807) is 6.07 Å². The fourth-order valence-corrected chi connectivity index (χ4v) is 5.17. The van der Waals surface area contributed by atoms with Crippen LogP contribution in [0, 0.1) is 12.3 Å². The topological polar surface area (TPSA) is 158 Å².